The number of thioether (sulfide) groups is 1. The predicted octanol–water partition coefficient (Wildman–Crippen LogP) is 7.67. The third-order valence-corrected chi connectivity index (χ3v) is 8.63. The molecule has 2 atom stereocenters. The Labute approximate surface area is 246 Å². The van der Waals surface area contributed by atoms with E-state index in [2.05, 4.69) is 0 Å². The van der Waals surface area contributed by atoms with Crippen LogP contribution in [0, 0.1) is 0 Å². The van der Waals surface area contributed by atoms with Gasteiger partial charge in [0.25, 0.3) is 5.24 Å². The number of nitrogens with zero attached hydrogens (tertiary/aromatic N) is 3. The van der Waals surface area contributed by atoms with Crippen molar-refractivity contribution in [3.63, 3.8) is 0 Å². The van der Waals surface area contributed by atoms with E-state index in [0.717, 1.165) is 34.2 Å². The Morgan fingerprint density at radius 1 is 1.05 bits per heavy atom. The Morgan fingerprint density at radius 2 is 1.80 bits per heavy atom. The summed E-state index contributed by atoms with van der Waals surface area (Å²) in [5.74, 6) is -0.431. The zero-order valence-electron chi connectivity index (χ0n) is 21.9. The molecule has 1 fully saturated rings. The molecule has 0 aromatic heterocycles. The molecule has 0 saturated carbocycles. The molecular formula is C32H24ClN3O4S. The minimum absolute atomic E-state index is 0.0295. The second-order valence-corrected chi connectivity index (χ2v) is 11.3. The zero-order valence-corrected chi connectivity index (χ0v) is 23.5. The lowest BCUT2D eigenvalue weighted by Gasteiger charge is -2.49. The number of carbonyl (C=O) groups is 1. The number of methoxy groups -OCH3 is 1. The number of hydrogen-bond donors (Lipinski definition) is 1. The lowest BCUT2D eigenvalue weighted by molar-refractivity contribution is -0.0763. The van der Waals surface area contributed by atoms with Crippen molar-refractivity contribution >= 4 is 46.1 Å². The van der Waals surface area contributed by atoms with Crippen LogP contribution in [0.25, 0.3) is 6.08 Å². The van der Waals surface area contributed by atoms with Gasteiger partial charge in [-0.3, -0.25) is 4.79 Å². The Balaban J connectivity index is 1.49. The van der Waals surface area contributed by atoms with E-state index in [-0.39, 0.29) is 17.0 Å². The molecule has 3 heterocycles. The minimum Gasteiger partial charge on any atom is -0.504 e. The Bertz CT molecular complexity index is 1730. The fourth-order valence-electron chi connectivity index (χ4n) is 5.58. The number of hydrogen-bond acceptors (Lipinski definition) is 7. The third kappa shape index (κ3) is 4.13. The number of carbonyl (C=O) groups excluding carboxylic acids is 1. The SMILES string of the molecule is COc1cc(/C=C2\SC(=O)N(c3ccccc3)C23Oc2ccc(Cl)cc2C2CC(c4ccccc4)=NN23)ccc1O. The summed E-state index contributed by atoms with van der Waals surface area (Å²) in [6.07, 6.45) is 2.49. The van der Waals surface area contributed by atoms with Crippen molar-refractivity contribution in [1.29, 1.82) is 0 Å². The van der Waals surface area contributed by atoms with E-state index in [4.69, 9.17) is 26.2 Å². The van der Waals surface area contributed by atoms with Crippen molar-refractivity contribution in [3.05, 3.63) is 124 Å². The van der Waals surface area contributed by atoms with Crippen LogP contribution < -0.4 is 14.4 Å². The molecule has 7 rings (SSSR count). The molecule has 1 amide bonds. The van der Waals surface area contributed by atoms with Gasteiger partial charge in [-0.25, -0.2) is 9.91 Å². The third-order valence-electron chi connectivity index (χ3n) is 7.43. The first-order chi connectivity index (χ1) is 20.0. The highest BCUT2D eigenvalue weighted by Crippen LogP contribution is 2.57. The van der Waals surface area contributed by atoms with E-state index < -0.39 is 5.85 Å². The van der Waals surface area contributed by atoms with Crippen LogP contribution in [0.1, 0.15) is 29.2 Å². The van der Waals surface area contributed by atoms with E-state index in [0.29, 0.717) is 33.5 Å². The molecule has 1 N–H and O–H groups in total. The van der Waals surface area contributed by atoms with Crippen LogP contribution in [0.2, 0.25) is 5.02 Å². The summed E-state index contributed by atoms with van der Waals surface area (Å²) in [5, 5.41) is 17.7. The summed E-state index contributed by atoms with van der Waals surface area (Å²) < 4.78 is 12.3. The molecule has 1 spiro atoms. The molecule has 7 nitrogen and oxygen atoms in total. The number of para-hydroxylation sites is 1. The molecule has 2 unspecified atom stereocenters. The lowest BCUT2D eigenvalue weighted by atomic mass is 9.95. The number of halogens is 1. The maximum absolute atomic E-state index is 13.9. The van der Waals surface area contributed by atoms with Crippen LogP contribution in [0.3, 0.4) is 0 Å². The lowest BCUT2D eigenvalue weighted by Crippen LogP contribution is -2.63. The van der Waals surface area contributed by atoms with Gasteiger partial charge >= 0.3 is 5.85 Å². The summed E-state index contributed by atoms with van der Waals surface area (Å²) >= 11 is 7.57. The van der Waals surface area contributed by atoms with Crippen molar-refractivity contribution < 1.29 is 19.4 Å². The summed E-state index contributed by atoms with van der Waals surface area (Å²) in [6, 6.07) is 29.9. The van der Waals surface area contributed by atoms with Crippen molar-refractivity contribution in [2.45, 2.75) is 18.3 Å². The number of rotatable bonds is 4. The molecule has 0 radical (unpaired) electrons. The maximum atomic E-state index is 13.9. The molecule has 41 heavy (non-hydrogen) atoms. The van der Waals surface area contributed by atoms with Gasteiger partial charge in [0.15, 0.2) is 11.5 Å². The molecule has 0 bridgehead atoms. The summed E-state index contributed by atoms with van der Waals surface area (Å²) in [5.41, 5.74) is 4.20. The van der Waals surface area contributed by atoms with Gasteiger partial charge in [-0.15, -0.1) is 0 Å². The number of aromatic hydroxyl groups is 1. The number of phenols is 1. The Kier molecular flexibility index (Phi) is 6.17. The molecule has 204 valence electrons. The highest BCUT2D eigenvalue weighted by atomic mass is 35.5. The number of phenolic OH excluding ortho intramolecular Hbond substituents is 1. The van der Waals surface area contributed by atoms with Crippen LogP contribution >= 0.6 is 23.4 Å². The van der Waals surface area contributed by atoms with Crippen molar-refractivity contribution in [3.8, 4) is 17.2 Å². The van der Waals surface area contributed by atoms with E-state index in [1.807, 2.05) is 83.9 Å². The van der Waals surface area contributed by atoms with E-state index in [1.54, 1.807) is 29.2 Å². The fraction of sp³-hybridized carbons (Fsp3) is 0.125. The maximum Gasteiger partial charge on any atom is 0.321 e. The van der Waals surface area contributed by atoms with E-state index >= 15 is 0 Å². The molecule has 1 saturated heterocycles. The number of hydrazone groups is 1. The zero-order chi connectivity index (χ0) is 28.1. The fourth-order valence-corrected chi connectivity index (χ4v) is 6.82. The average Bonchev–Trinajstić information content (AvgIpc) is 3.56. The summed E-state index contributed by atoms with van der Waals surface area (Å²) in [6.45, 7) is 0. The number of benzene rings is 4. The van der Waals surface area contributed by atoms with Gasteiger partial charge in [0, 0.05) is 17.0 Å². The first kappa shape index (κ1) is 25.6. The summed E-state index contributed by atoms with van der Waals surface area (Å²) in [7, 11) is 1.50. The number of anilines is 1. The second-order valence-electron chi connectivity index (χ2n) is 9.85. The van der Waals surface area contributed by atoms with Crippen LogP contribution in [0.5, 0.6) is 17.2 Å². The first-order valence-electron chi connectivity index (χ1n) is 13.0. The molecule has 0 aliphatic carbocycles. The van der Waals surface area contributed by atoms with Crippen molar-refractivity contribution in [2.24, 2.45) is 5.10 Å². The molecular weight excluding hydrogens is 558 g/mol. The first-order valence-corrected chi connectivity index (χ1v) is 14.2. The van der Waals surface area contributed by atoms with Gasteiger partial charge in [-0.2, -0.15) is 5.10 Å². The second kappa shape index (κ2) is 9.90. The van der Waals surface area contributed by atoms with Crippen LogP contribution in [-0.2, 0) is 0 Å². The molecule has 4 aromatic rings. The van der Waals surface area contributed by atoms with Gasteiger partial charge in [-0.05, 0) is 71.4 Å². The van der Waals surface area contributed by atoms with Crippen LogP contribution in [-0.4, -0.2) is 34.0 Å². The molecule has 3 aliphatic heterocycles. The Morgan fingerprint density at radius 3 is 2.56 bits per heavy atom. The monoisotopic (exact) mass is 581 g/mol. The largest absolute Gasteiger partial charge is 0.504 e. The molecule has 9 heteroatoms. The van der Waals surface area contributed by atoms with Gasteiger partial charge in [0.05, 0.1) is 29.5 Å². The highest BCUT2D eigenvalue weighted by molar-refractivity contribution is 8.17. The van der Waals surface area contributed by atoms with E-state index in [9.17, 15) is 9.90 Å². The van der Waals surface area contributed by atoms with Gasteiger partial charge < -0.3 is 14.6 Å². The molecule has 4 aromatic carbocycles. The highest BCUT2D eigenvalue weighted by Gasteiger charge is 2.63. The average molecular weight is 582 g/mol. The number of fused-ring (bicyclic) bond motifs is 4. The number of ether oxygens (including phenoxy) is 2. The van der Waals surface area contributed by atoms with Gasteiger partial charge in [0.2, 0.25) is 0 Å². The molecule has 3 aliphatic rings. The quantitative estimate of drug-likeness (QED) is 0.267. The topological polar surface area (TPSA) is 74.6 Å². The standard InChI is InChI=1S/C32H24ClN3O4S/c1-39-29-16-20(12-14-27(29)37)17-30-32(35(31(38)41-30)23-10-6-3-7-11-23)36-26(24-18-22(33)13-15-28(24)40-32)19-25(34-36)21-8-4-2-5-9-21/h2-18,26,37H,19H2,1H3/b30-17-. The number of amides is 1. The predicted molar refractivity (Wildman–Crippen MR) is 162 cm³/mol. The van der Waals surface area contributed by atoms with Gasteiger partial charge in [0.1, 0.15) is 5.75 Å². The van der Waals surface area contributed by atoms with Crippen LogP contribution in [0.15, 0.2) is 107 Å². The smallest absolute Gasteiger partial charge is 0.321 e. The normalized spacial score (nSPS) is 22.0. The van der Waals surface area contributed by atoms with Crippen molar-refractivity contribution in [1.82, 2.24) is 5.01 Å². The Hall–Kier alpha value is -4.40. The van der Waals surface area contributed by atoms with Crippen molar-refractivity contribution in [2.75, 3.05) is 12.0 Å². The van der Waals surface area contributed by atoms with Crippen LogP contribution in [0.4, 0.5) is 10.5 Å². The summed E-state index contributed by atoms with van der Waals surface area (Å²) in [4.78, 5) is 16.2. The van der Waals surface area contributed by atoms with E-state index in [1.165, 1.54) is 7.11 Å². The van der Waals surface area contributed by atoms with Gasteiger partial charge in [-0.1, -0.05) is 66.2 Å². The minimum atomic E-state index is -1.42.